The fourth-order valence-corrected chi connectivity index (χ4v) is 2.79. The molecule has 6 nitrogen and oxygen atoms in total. The number of likely N-dealkylation sites (tertiary alicyclic amines) is 1. The van der Waals surface area contributed by atoms with Crippen LogP contribution in [0.15, 0.2) is 0 Å². The molecule has 0 aromatic heterocycles. The van der Waals surface area contributed by atoms with Gasteiger partial charge in [0.05, 0.1) is 12.0 Å². The van der Waals surface area contributed by atoms with E-state index in [-0.39, 0.29) is 42.8 Å². The van der Waals surface area contributed by atoms with Gasteiger partial charge in [-0.15, -0.1) is 0 Å². The van der Waals surface area contributed by atoms with Crippen LogP contribution in [0.1, 0.15) is 33.6 Å². The molecule has 0 bridgehead atoms. The summed E-state index contributed by atoms with van der Waals surface area (Å²) in [6, 6.07) is 0.118. The molecule has 2 aliphatic rings. The average molecular weight is 284 g/mol. The molecule has 114 valence electrons. The maximum Gasteiger partial charge on any atom is 0.225 e. The van der Waals surface area contributed by atoms with E-state index in [0.29, 0.717) is 19.6 Å². The lowest BCUT2D eigenvalue weighted by atomic mass is 9.96. The first-order valence-corrected chi connectivity index (χ1v) is 7.24. The molecule has 2 rings (SSSR count). The first-order chi connectivity index (χ1) is 9.33. The first kappa shape index (κ1) is 15.3. The maximum atomic E-state index is 12.1. The molecule has 2 saturated heterocycles. The van der Waals surface area contributed by atoms with Crippen LogP contribution in [0.5, 0.6) is 0 Å². The van der Waals surface area contributed by atoms with E-state index in [1.54, 1.807) is 11.8 Å². The van der Waals surface area contributed by atoms with Gasteiger partial charge in [0.2, 0.25) is 11.8 Å². The summed E-state index contributed by atoms with van der Waals surface area (Å²) in [6.45, 7) is 6.85. The molecule has 2 heterocycles. The van der Waals surface area contributed by atoms with Gasteiger partial charge >= 0.3 is 0 Å². The number of nitrogens with one attached hydrogen (secondary N) is 1. The van der Waals surface area contributed by atoms with Crippen LogP contribution in [0.25, 0.3) is 0 Å². The Bertz CT molecular complexity index is 399. The average Bonchev–Trinajstić information content (AvgIpc) is 2.92. The second-order valence-corrected chi connectivity index (χ2v) is 6.13. The summed E-state index contributed by atoms with van der Waals surface area (Å²) in [4.78, 5) is 25.6. The summed E-state index contributed by atoms with van der Waals surface area (Å²) >= 11 is 0. The lowest BCUT2D eigenvalue weighted by Crippen LogP contribution is -2.49. The normalized spacial score (nSPS) is 34.0. The van der Waals surface area contributed by atoms with E-state index in [2.05, 4.69) is 5.32 Å². The van der Waals surface area contributed by atoms with Crippen LogP contribution in [0, 0.1) is 5.92 Å². The Hall–Kier alpha value is -1.14. The van der Waals surface area contributed by atoms with Crippen molar-refractivity contribution in [3.05, 3.63) is 0 Å². The van der Waals surface area contributed by atoms with Crippen LogP contribution in [0.4, 0.5) is 0 Å². The predicted molar refractivity (Wildman–Crippen MR) is 72.9 cm³/mol. The molecule has 6 heteroatoms. The van der Waals surface area contributed by atoms with Gasteiger partial charge in [0.1, 0.15) is 5.60 Å². The van der Waals surface area contributed by atoms with Crippen LogP contribution >= 0.6 is 0 Å². The van der Waals surface area contributed by atoms with E-state index in [4.69, 9.17) is 4.74 Å². The smallest absolute Gasteiger partial charge is 0.225 e. The van der Waals surface area contributed by atoms with Gasteiger partial charge in [0.25, 0.3) is 0 Å². The van der Waals surface area contributed by atoms with Crippen molar-refractivity contribution in [3.8, 4) is 0 Å². The molecule has 2 amide bonds. The zero-order valence-corrected chi connectivity index (χ0v) is 12.4. The van der Waals surface area contributed by atoms with E-state index in [1.807, 2.05) is 13.8 Å². The monoisotopic (exact) mass is 284 g/mol. The van der Waals surface area contributed by atoms with Crippen LogP contribution in [0.2, 0.25) is 0 Å². The van der Waals surface area contributed by atoms with E-state index in [1.165, 1.54) is 0 Å². The van der Waals surface area contributed by atoms with Crippen molar-refractivity contribution in [1.29, 1.82) is 0 Å². The molecule has 0 aromatic carbocycles. The lowest BCUT2D eigenvalue weighted by Gasteiger charge is -2.27. The van der Waals surface area contributed by atoms with Gasteiger partial charge in [-0.05, 0) is 20.8 Å². The molecule has 3 atom stereocenters. The minimum atomic E-state index is -0.990. The highest BCUT2D eigenvalue weighted by Crippen LogP contribution is 2.25. The number of rotatable bonds is 4. The minimum absolute atomic E-state index is 0.0245. The molecule has 2 fully saturated rings. The van der Waals surface area contributed by atoms with Crippen LogP contribution in [0.3, 0.4) is 0 Å². The molecular weight excluding hydrogens is 260 g/mol. The van der Waals surface area contributed by atoms with Crippen molar-refractivity contribution in [2.75, 3.05) is 19.7 Å². The molecular formula is C14H24N2O4. The van der Waals surface area contributed by atoms with Gasteiger partial charge in [-0.3, -0.25) is 9.59 Å². The maximum absolute atomic E-state index is 12.1. The fourth-order valence-electron chi connectivity index (χ4n) is 2.79. The molecule has 0 aromatic rings. The van der Waals surface area contributed by atoms with E-state index in [0.717, 1.165) is 0 Å². The van der Waals surface area contributed by atoms with Gasteiger partial charge in [0, 0.05) is 38.6 Å². The number of carbonyl (C=O) groups is 2. The van der Waals surface area contributed by atoms with Gasteiger partial charge < -0.3 is 20.1 Å². The molecule has 20 heavy (non-hydrogen) atoms. The topological polar surface area (TPSA) is 78.9 Å². The first-order valence-electron chi connectivity index (χ1n) is 7.24. The van der Waals surface area contributed by atoms with Crippen molar-refractivity contribution >= 4 is 11.8 Å². The third kappa shape index (κ3) is 2.96. The zero-order valence-electron chi connectivity index (χ0n) is 12.4. The number of aliphatic hydroxyl groups is 1. The van der Waals surface area contributed by atoms with Gasteiger partial charge in [-0.25, -0.2) is 0 Å². The Kier molecular flexibility index (Phi) is 4.34. The highest BCUT2D eigenvalue weighted by molar-refractivity contribution is 5.89. The third-order valence-electron chi connectivity index (χ3n) is 4.38. The van der Waals surface area contributed by atoms with Crippen LogP contribution < -0.4 is 5.32 Å². The predicted octanol–water partition coefficient (Wildman–Crippen LogP) is -0.101. The SMILES string of the molecule is CC(C)N1CC(C(=O)NCC2(O)CCOC2C)CC1=O. The molecule has 0 saturated carbocycles. The summed E-state index contributed by atoms with van der Waals surface area (Å²) in [5.41, 5.74) is -0.990. The van der Waals surface area contributed by atoms with Crippen LogP contribution in [-0.2, 0) is 14.3 Å². The van der Waals surface area contributed by atoms with Crippen molar-refractivity contribution in [3.63, 3.8) is 0 Å². The number of hydrogen-bond donors (Lipinski definition) is 2. The molecule has 0 radical (unpaired) electrons. The number of hydrogen-bond acceptors (Lipinski definition) is 4. The Morgan fingerprint density at radius 1 is 1.60 bits per heavy atom. The standard InChI is InChI=1S/C14H24N2O4/c1-9(2)16-7-11(6-12(16)17)13(18)15-8-14(19)4-5-20-10(14)3/h9-11,19H,4-8H2,1-3H3,(H,15,18). The van der Waals surface area contributed by atoms with Gasteiger partial charge in [0.15, 0.2) is 0 Å². The summed E-state index contributed by atoms with van der Waals surface area (Å²) in [7, 11) is 0. The molecule has 0 aliphatic carbocycles. The Morgan fingerprint density at radius 2 is 2.30 bits per heavy atom. The Morgan fingerprint density at radius 3 is 2.80 bits per heavy atom. The lowest BCUT2D eigenvalue weighted by molar-refractivity contribution is -0.130. The number of ether oxygens (including phenoxy) is 1. The molecule has 3 unspecified atom stereocenters. The minimum Gasteiger partial charge on any atom is -0.385 e. The summed E-state index contributed by atoms with van der Waals surface area (Å²) in [5, 5.41) is 13.1. The van der Waals surface area contributed by atoms with Crippen molar-refractivity contribution in [2.45, 2.75) is 51.4 Å². The molecule has 0 spiro atoms. The Labute approximate surface area is 119 Å². The zero-order chi connectivity index (χ0) is 14.9. The molecule has 2 N–H and O–H groups in total. The second-order valence-electron chi connectivity index (χ2n) is 6.13. The van der Waals surface area contributed by atoms with E-state index >= 15 is 0 Å². The highest BCUT2D eigenvalue weighted by Gasteiger charge is 2.41. The van der Waals surface area contributed by atoms with E-state index in [9.17, 15) is 14.7 Å². The number of amides is 2. The summed E-state index contributed by atoms with van der Waals surface area (Å²) < 4.78 is 5.33. The largest absolute Gasteiger partial charge is 0.385 e. The number of carbonyl (C=O) groups excluding carboxylic acids is 2. The number of nitrogens with zero attached hydrogens (tertiary/aromatic N) is 1. The van der Waals surface area contributed by atoms with Gasteiger partial charge in [-0.1, -0.05) is 0 Å². The van der Waals surface area contributed by atoms with Gasteiger partial charge in [-0.2, -0.15) is 0 Å². The van der Waals surface area contributed by atoms with Crippen molar-refractivity contribution < 1.29 is 19.4 Å². The quantitative estimate of drug-likeness (QED) is 0.755. The van der Waals surface area contributed by atoms with E-state index < -0.39 is 5.60 Å². The molecule has 2 aliphatic heterocycles. The van der Waals surface area contributed by atoms with Crippen molar-refractivity contribution in [2.24, 2.45) is 5.92 Å². The summed E-state index contributed by atoms with van der Waals surface area (Å²) in [6.07, 6.45) is 0.505. The Balaban J connectivity index is 1.86. The third-order valence-corrected chi connectivity index (χ3v) is 4.38. The highest BCUT2D eigenvalue weighted by atomic mass is 16.5. The van der Waals surface area contributed by atoms with Crippen molar-refractivity contribution in [1.82, 2.24) is 10.2 Å². The second kappa shape index (κ2) is 5.69. The fraction of sp³-hybridized carbons (Fsp3) is 0.857. The summed E-state index contributed by atoms with van der Waals surface area (Å²) in [5.74, 6) is -0.448. The van der Waals surface area contributed by atoms with Crippen LogP contribution in [-0.4, -0.2) is 59.3 Å².